The first kappa shape index (κ1) is 16.0. The van der Waals surface area contributed by atoms with Crippen LogP contribution in [0, 0.1) is 11.8 Å². The first-order chi connectivity index (χ1) is 11.3. The van der Waals surface area contributed by atoms with Gasteiger partial charge in [-0.15, -0.1) is 0 Å². The van der Waals surface area contributed by atoms with E-state index in [2.05, 4.69) is 11.8 Å². The average molecular weight is 313 g/mol. The average Bonchev–Trinajstić information content (AvgIpc) is 3.13. The second kappa shape index (κ2) is 8.14. The number of likely N-dealkylation sites (tertiary alicyclic amines) is 1. The van der Waals surface area contributed by atoms with Crippen molar-refractivity contribution in [3.63, 3.8) is 0 Å². The van der Waals surface area contributed by atoms with Crippen LogP contribution in [0.3, 0.4) is 0 Å². The summed E-state index contributed by atoms with van der Waals surface area (Å²) in [5.41, 5.74) is 0.871. The lowest BCUT2D eigenvalue weighted by Gasteiger charge is -2.31. The molecule has 1 aromatic carbocycles. The molecule has 2 fully saturated rings. The molecule has 0 radical (unpaired) electrons. The molecule has 1 amide bonds. The van der Waals surface area contributed by atoms with Crippen molar-refractivity contribution >= 4 is 5.91 Å². The number of ether oxygens (including phenoxy) is 2. The van der Waals surface area contributed by atoms with Crippen LogP contribution in [-0.2, 0) is 14.3 Å². The number of hydrogen-bond acceptors (Lipinski definition) is 3. The summed E-state index contributed by atoms with van der Waals surface area (Å²) in [6, 6.07) is 9.60. The fourth-order valence-electron chi connectivity index (χ4n) is 2.97. The van der Waals surface area contributed by atoms with Crippen LogP contribution >= 0.6 is 0 Å². The first-order valence-electron chi connectivity index (χ1n) is 8.40. The highest BCUT2D eigenvalue weighted by atomic mass is 16.5. The molecule has 0 bridgehead atoms. The van der Waals surface area contributed by atoms with E-state index in [1.807, 2.05) is 35.2 Å². The number of rotatable bonds is 3. The SMILES string of the molecule is O=C(C#Cc1ccccc1)N1CCC(OC[C@H]2CCCO2)CC1. The molecule has 0 aliphatic carbocycles. The van der Waals surface area contributed by atoms with E-state index in [1.165, 1.54) is 0 Å². The monoisotopic (exact) mass is 313 g/mol. The third-order valence-corrected chi connectivity index (χ3v) is 4.36. The Kier molecular flexibility index (Phi) is 5.68. The summed E-state index contributed by atoms with van der Waals surface area (Å²) in [5, 5.41) is 0. The topological polar surface area (TPSA) is 38.8 Å². The van der Waals surface area contributed by atoms with E-state index in [9.17, 15) is 4.79 Å². The highest BCUT2D eigenvalue weighted by Crippen LogP contribution is 2.17. The first-order valence-corrected chi connectivity index (χ1v) is 8.40. The molecule has 122 valence electrons. The Bertz CT molecular complexity index is 561. The van der Waals surface area contributed by atoms with Gasteiger partial charge in [0.15, 0.2) is 0 Å². The lowest BCUT2D eigenvalue weighted by atomic mass is 10.1. The summed E-state index contributed by atoms with van der Waals surface area (Å²) in [7, 11) is 0. The number of amides is 1. The maximum atomic E-state index is 12.1. The van der Waals surface area contributed by atoms with Crippen molar-refractivity contribution in [2.75, 3.05) is 26.3 Å². The second-order valence-corrected chi connectivity index (χ2v) is 6.08. The molecule has 2 aliphatic rings. The number of carbonyl (C=O) groups excluding carboxylic acids is 1. The lowest BCUT2D eigenvalue weighted by Crippen LogP contribution is -2.40. The van der Waals surface area contributed by atoms with Crippen molar-refractivity contribution in [3.8, 4) is 11.8 Å². The Morgan fingerprint density at radius 2 is 2.00 bits per heavy atom. The van der Waals surface area contributed by atoms with Gasteiger partial charge in [0.05, 0.1) is 18.8 Å². The summed E-state index contributed by atoms with van der Waals surface area (Å²) < 4.78 is 11.5. The van der Waals surface area contributed by atoms with Crippen LogP contribution < -0.4 is 0 Å². The normalized spacial score (nSPS) is 21.7. The van der Waals surface area contributed by atoms with Crippen LogP contribution in [0.5, 0.6) is 0 Å². The zero-order chi connectivity index (χ0) is 15.9. The molecular weight excluding hydrogens is 290 g/mol. The highest BCUT2D eigenvalue weighted by Gasteiger charge is 2.24. The molecule has 1 aromatic rings. The smallest absolute Gasteiger partial charge is 0.298 e. The van der Waals surface area contributed by atoms with Crippen LogP contribution in [0.1, 0.15) is 31.2 Å². The third-order valence-electron chi connectivity index (χ3n) is 4.36. The number of piperidine rings is 1. The van der Waals surface area contributed by atoms with E-state index in [0.29, 0.717) is 6.61 Å². The van der Waals surface area contributed by atoms with Gasteiger partial charge < -0.3 is 14.4 Å². The van der Waals surface area contributed by atoms with Gasteiger partial charge in [-0.1, -0.05) is 24.1 Å². The molecular formula is C19H23NO3. The predicted octanol–water partition coefficient (Wildman–Crippen LogP) is 2.22. The zero-order valence-corrected chi connectivity index (χ0v) is 13.4. The number of hydrogen-bond donors (Lipinski definition) is 0. The molecule has 4 heteroatoms. The largest absolute Gasteiger partial charge is 0.376 e. The lowest BCUT2D eigenvalue weighted by molar-refractivity contribution is -0.128. The third kappa shape index (κ3) is 4.82. The summed E-state index contributed by atoms with van der Waals surface area (Å²) in [5.74, 6) is 5.57. The molecule has 1 atom stereocenters. The van der Waals surface area contributed by atoms with E-state index in [4.69, 9.17) is 9.47 Å². The molecule has 0 N–H and O–H groups in total. The molecule has 2 aliphatic heterocycles. The summed E-state index contributed by atoms with van der Waals surface area (Å²) in [4.78, 5) is 14.0. The van der Waals surface area contributed by atoms with Gasteiger partial charge in [0.1, 0.15) is 0 Å². The van der Waals surface area contributed by atoms with Crippen molar-refractivity contribution in [3.05, 3.63) is 35.9 Å². The fourth-order valence-corrected chi connectivity index (χ4v) is 2.97. The van der Waals surface area contributed by atoms with Gasteiger partial charge >= 0.3 is 0 Å². The minimum atomic E-state index is -0.0913. The molecule has 0 saturated carbocycles. The van der Waals surface area contributed by atoms with E-state index in [0.717, 1.165) is 50.9 Å². The molecule has 2 heterocycles. The van der Waals surface area contributed by atoms with Gasteiger partial charge in [0.25, 0.3) is 5.91 Å². The van der Waals surface area contributed by atoms with Gasteiger partial charge in [0.2, 0.25) is 0 Å². The van der Waals surface area contributed by atoms with Crippen LogP contribution in [0.2, 0.25) is 0 Å². The van der Waals surface area contributed by atoms with Crippen molar-refractivity contribution in [1.82, 2.24) is 4.90 Å². The molecule has 0 spiro atoms. The summed E-state index contributed by atoms with van der Waals surface area (Å²) >= 11 is 0. The fraction of sp³-hybridized carbons (Fsp3) is 0.526. The Labute approximate surface area is 137 Å². The summed E-state index contributed by atoms with van der Waals surface area (Å²) in [6.07, 6.45) is 4.52. The maximum Gasteiger partial charge on any atom is 0.298 e. The molecule has 4 nitrogen and oxygen atoms in total. The van der Waals surface area contributed by atoms with Gasteiger partial charge in [-0.05, 0) is 37.8 Å². The Balaban J connectivity index is 1.41. The van der Waals surface area contributed by atoms with Crippen LogP contribution in [-0.4, -0.2) is 49.3 Å². The van der Waals surface area contributed by atoms with Gasteiger partial charge in [-0.3, -0.25) is 4.79 Å². The predicted molar refractivity (Wildman–Crippen MR) is 87.8 cm³/mol. The Morgan fingerprint density at radius 3 is 2.70 bits per heavy atom. The Hall–Kier alpha value is -1.83. The molecule has 3 rings (SSSR count). The molecule has 0 unspecified atom stereocenters. The Morgan fingerprint density at radius 1 is 1.22 bits per heavy atom. The minimum absolute atomic E-state index is 0.0913. The van der Waals surface area contributed by atoms with Gasteiger partial charge in [0, 0.05) is 31.2 Å². The van der Waals surface area contributed by atoms with Crippen molar-refractivity contribution in [1.29, 1.82) is 0 Å². The van der Waals surface area contributed by atoms with E-state index >= 15 is 0 Å². The van der Waals surface area contributed by atoms with Crippen LogP contribution in [0.15, 0.2) is 30.3 Å². The summed E-state index contributed by atoms with van der Waals surface area (Å²) in [6.45, 7) is 2.99. The zero-order valence-electron chi connectivity index (χ0n) is 13.4. The highest BCUT2D eigenvalue weighted by molar-refractivity contribution is 5.94. The van der Waals surface area contributed by atoms with Crippen molar-refractivity contribution in [2.45, 2.75) is 37.9 Å². The van der Waals surface area contributed by atoms with Gasteiger partial charge in [-0.2, -0.15) is 0 Å². The molecule has 0 aromatic heterocycles. The number of benzene rings is 1. The molecule has 2 saturated heterocycles. The van der Waals surface area contributed by atoms with E-state index < -0.39 is 0 Å². The van der Waals surface area contributed by atoms with Crippen molar-refractivity contribution in [2.24, 2.45) is 0 Å². The van der Waals surface area contributed by atoms with E-state index in [1.54, 1.807) is 0 Å². The second-order valence-electron chi connectivity index (χ2n) is 6.08. The maximum absolute atomic E-state index is 12.1. The molecule has 23 heavy (non-hydrogen) atoms. The number of nitrogens with zero attached hydrogens (tertiary/aromatic N) is 1. The van der Waals surface area contributed by atoms with Gasteiger partial charge in [-0.25, -0.2) is 0 Å². The number of carbonyl (C=O) groups is 1. The van der Waals surface area contributed by atoms with Crippen molar-refractivity contribution < 1.29 is 14.3 Å². The minimum Gasteiger partial charge on any atom is -0.376 e. The quantitative estimate of drug-likeness (QED) is 0.803. The van der Waals surface area contributed by atoms with Crippen LogP contribution in [0.25, 0.3) is 0 Å². The van der Waals surface area contributed by atoms with Crippen LogP contribution in [0.4, 0.5) is 0 Å². The van der Waals surface area contributed by atoms with E-state index in [-0.39, 0.29) is 18.1 Å². The standard InChI is InChI=1S/C19H23NO3/c21-19(9-8-16-5-2-1-3-6-16)20-12-10-17(11-13-20)23-15-18-7-4-14-22-18/h1-3,5-6,17-18H,4,7,10-15H2/t18-/m1/s1.